The van der Waals surface area contributed by atoms with Gasteiger partial charge < -0.3 is 10.2 Å². The van der Waals surface area contributed by atoms with E-state index in [1.54, 1.807) is 0 Å². The molecular formula is C16H22N2O. The molecule has 1 aromatic carbocycles. The monoisotopic (exact) mass is 258 g/mol. The summed E-state index contributed by atoms with van der Waals surface area (Å²) in [6.45, 7) is 6.18. The Hall–Kier alpha value is -1.35. The molecule has 0 aromatic heterocycles. The molecule has 2 aliphatic rings. The highest BCUT2D eigenvalue weighted by Crippen LogP contribution is 2.38. The molecule has 1 atom stereocenters. The molecule has 1 fully saturated rings. The molecule has 3 heteroatoms. The van der Waals surface area contributed by atoms with Gasteiger partial charge in [0.25, 0.3) is 0 Å². The molecule has 1 amide bonds. The van der Waals surface area contributed by atoms with Crippen molar-refractivity contribution in [2.45, 2.75) is 39.2 Å². The first-order valence-electron chi connectivity index (χ1n) is 7.24. The highest BCUT2D eigenvalue weighted by molar-refractivity contribution is 5.99. The Morgan fingerprint density at radius 1 is 1.32 bits per heavy atom. The lowest BCUT2D eigenvalue weighted by atomic mass is 9.79. The number of para-hydroxylation sites is 1. The second-order valence-corrected chi connectivity index (χ2v) is 6.17. The summed E-state index contributed by atoms with van der Waals surface area (Å²) in [5, 5.41) is 3.35. The van der Waals surface area contributed by atoms with Crippen LogP contribution in [0.1, 0.15) is 32.3 Å². The average molecular weight is 258 g/mol. The van der Waals surface area contributed by atoms with Gasteiger partial charge in [-0.2, -0.15) is 0 Å². The number of fused-ring (bicyclic) bond motifs is 1. The fourth-order valence-corrected chi connectivity index (χ4v) is 3.36. The number of nitrogens with zero attached hydrogens (tertiary/aromatic N) is 1. The van der Waals surface area contributed by atoms with E-state index in [1.807, 2.05) is 11.0 Å². The van der Waals surface area contributed by atoms with Crippen LogP contribution in [0.5, 0.6) is 0 Å². The van der Waals surface area contributed by atoms with Gasteiger partial charge in [0.1, 0.15) is 0 Å². The van der Waals surface area contributed by atoms with Gasteiger partial charge in [-0.1, -0.05) is 25.1 Å². The third kappa shape index (κ3) is 2.06. The Morgan fingerprint density at radius 3 is 2.74 bits per heavy atom. The van der Waals surface area contributed by atoms with Crippen molar-refractivity contribution in [3.05, 3.63) is 29.8 Å². The summed E-state index contributed by atoms with van der Waals surface area (Å²) in [7, 11) is 0. The van der Waals surface area contributed by atoms with Gasteiger partial charge in [0.2, 0.25) is 5.91 Å². The van der Waals surface area contributed by atoms with Crippen LogP contribution >= 0.6 is 0 Å². The Balaban J connectivity index is 1.91. The van der Waals surface area contributed by atoms with E-state index in [9.17, 15) is 4.79 Å². The fraction of sp³-hybridized carbons (Fsp3) is 0.562. The number of anilines is 1. The summed E-state index contributed by atoms with van der Waals surface area (Å²) < 4.78 is 0. The standard InChI is InChI=1S/C16H22N2O/c1-12-11-13-5-3-4-6-14(13)18(12)15(19)16(2)7-9-17-10-8-16/h3-6,12,17H,7-11H2,1-2H3. The Bertz CT molecular complexity index is 491. The number of amides is 1. The number of nitrogens with one attached hydrogen (secondary N) is 1. The second-order valence-electron chi connectivity index (χ2n) is 6.17. The van der Waals surface area contributed by atoms with Crippen molar-refractivity contribution in [3.8, 4) is 0 Å². The highest BCUT2D eigenvalue weighted by Gasteiger charge is 2.42. The molecule has 0 saturated carbocycles. The smallest absolute Gasteiger partial charge is 0.233 e. The molecule has 1 saturated heterocycles. The molecule has 1 N–H and O–H groups in total. The van der Waals surface area contributed by atoms with Crippen molar-refractivity contribution >= 4 is 11.6 Å². The summed E-state index contributed by atoms with van der Waals surface area (Å²) >= 11 is 0. The van der Waals surface area contributed by atoms with Crippen LogP contribution in [-0.4, -0.2) is 25.0 Å². The Kier molecular flexibility index (Phi) is 3.09. The second kappa shape index (κ2) is 4.64. The van der Waals surface area contributed by atoms with E-state index < -0.39 is 0 Å². The molecule has 3 rings (SSSR count). The van der Waals surface area contributed by atoms with Crippen LogP contribution in [0.3, 0.4) is 0 Å². The van der Waals surface area contributed by atoms with Gasteiger partial charge in [-0.15, -0.1) is 0 Å². The van der Waals surface area contributed by atoms with E-state index in [-0.39, 0.29) is 11.5 Å². The van der Waals surface area contributed by atoms with Crippen LogP contribution in [0.25, 0.3) is 0 Å². The molecule has 19 heavy (non-hydrogen) atoms. The molecule has 0 spiro atoms. The molecule has 2 aliphatic heterocycles. The molecule has 0 aliphatic carbocycles. The van der Waals surface area contributed by atoms with Crippen LogP contribution < -0.4 is 10.2 Å². The first-order valence-corrected chi connectivity index (χ1v) is 7.24. The highest BCUT2D eigenvalue weighted by atomic mass is 16.2. The lowest BCUT2D eigenvalue weighted by Gasteiger charge is -2.37. The van der Waals surface area contributed by atoms with Crippen LogP contribution in [-0.2, 0) is 11.2 Å². The van der Waals surface area contributed by atoms with Crippen LogP contribution in [0.15, 0.2) is 24.3 Å². The lowest BCUT2D eigenvalue weighted by Crippen LogP contribution is -2.49. The van der Waals surface area contributed by atoms with Crippen molar-refractivity contribution in [3.63, 3.8) is 0 Å². The molecule has 0 radical (unpaired) electrons. The normalized spacial score (nSPS) is 25.2. The minimum Gasteiger partial charge on any atom is -0.317 e. The zero-order valence-electron chi connectivity index (χ0n) is 11.8. The largest absolute Gasteiger partial charge is 0.317 e. The maximum Gasteiger partial charge on any atom is 0.233 e. The maximum absolute atomic E-state index is 13.0. The van der Waals surface area contributed by atoms with Crippen molar-refractivity contribution < 1.29 is 4.79 Å². The number of hydrogen-bond donors (Lipinski definition) is 1. The number of carbonyl (C=O) groups excluding carboxylic acids is 1. The van der Waals surface area contributed by atoms with E-state index in [4.69, 9.17) is 0 Å². The van der Waals surface area contributed by atoms with Gasteiger partial charge in [0, 0.05) is 17.1 Å². The molecule has 2 heterocycles. The third-order valence-electron chi connectivity index (χ3n) is 4.65. The third-order valence-corrected chi connectivity index (χ3v) is 4.65. The van der Waals surface area contributed by atoms with Gasteiger partial charge >= 0.3 is 0 Å². The minimum atomic E-state index is -0.197. The van der Waals surface area contributed by atoms with Gasteiger partial charge in [0.05, 0.1) is 0 Å². The first kappa shape index (κ1) is 12.7. The predicted octanol–water partition coefficient (Wildman–Crippen LogP) is 2.35. The van der Waals surface area contributed by atoms with Crippen molar-refractivity contribution in [2.24, 2.45) is 5.41 Å². The average Bonchev–Trinajstić information content (AvgIpc) is 2.74. The minimum absolute atomic E-state index is 0.197. The lowest BCUT2D eigenvalue weighted by molar-refractivity contribution is -0.129. The van der Waals surface area contributed by atoms with Crippen molar-refractivity contribution in [2.75, 3.05) is 18.0 Å². The number of benzene rings is 1. The van der Waals surface area contributed by atoms with E-state index >= 15 is 0 Å². The van der Waals surface area contributed by atoms with E-state index in [1.165, 1.54) is 5.56 Å². The van der Waals surface area contributed by atoms with Crippen LogP contribution in [0, 0.1) is 5.41 Å². The molecule has 3 nitrogen and oxygen atoms in total. The quantitative estimate of drug-likeness (QED) is 0.838. The summed E-state index contributed by atoms with van der Waals surface area (Å²) in [5.41, 5.74) is 2.23. The maximum atomic E-state index is 13.0. The molecule has 1 aromatic rings. The topological polar surface area (TPSA) is 32.3 Å². The zero-order valence-corrected chi connectivity index (χ0v) is 11.8. The SMILES string of the molecule is CC1Cc2ccccc2N1C(=O)C1(C)CCNCC1. The zero-order chi connectivity index (χ0) is 13.5. The molecule has 0 bridgehead atoms. The van der Waals surface area contributed by atoms with Crippen LogP contribution in [0.2, 0.25) is 0 Å². The summed E-state index contributed by atoms with van der Waals surface area (Å²) in [5.74, 6) is 0.312. The molecule has 102 valence electrons. The van der Waals surface area contributed by atoms with Gasteiger partial charge in [0.15, 0.2) is 0 Å². The number of carbonyl (C=O) groups is 1. The summed E-state index contributed by atoms with van der Waals surface area (Å²) in [6.07, 6.45) is 2.87. The number of hydrogen-bond acceptors (Lipinski definition) is 2. The predicted molar refractivity (Wildman–Crippen MR) is 77.3 cm³/mol. The number of rotatable bonds is 1. The fourth-order valence-electron chi connectivity index (χ4n) is 3.36. The summed E-state index contributed by atoms with van der Waals surface area (Å²) in [4.78, 5) is 15.0. The first-order chi connectivity index (χ1) is 9.12. The van der Waals surface area contributed by atoms with Crippen molar-refractivity contribution in [1.82, 2.24) is 5.32 Å². The van der Waals surface area contributed by atoms with Crippen molar-refractivity contribution in [1.29, 1.82) is 0 Å². The Labute approximate surface area is 115 Å². The van der Waals surface area contributed by atoms with E-state index in [2.05, 4.69) is 37.4 Å². The number of piperidine rings is 1. The van der Waals surface area contributed by atoms with E-state index in [0.717, 1.165) is 38.0 Å². The Morgan fingerprint density at radius 2 is 2.00 bits per heavy atom. The molecule has 1 unspecified atom stereocenters. The van der Waals surface area contributed by atoms with Gasteiger partial charge in [-0.3, -0.25) is 4.79 Å². The van der Waals surface area contributed by atoms with E-state index in [0.29, 0.717) is 5.91 Å². The van der Waals surface area contributed by atoms with Gasteiger partial charge in [-0.05, 0) is 50.9 Å². The van der Waals surface area contributed by atoms with Crippen LogP contribution in [0.4, 0.5) is 5.69 Å². The molecular weight excluding hydrogens is 236 g/mol. The summed E-state index contributed by atoms with van der Waals surface area (Å²) in [6, 6.07) is 8.61. The van der Waals surface area contributed by atoms with Gasteiger partial charge in [-0.25, -0.2) is 0 Å².